The number of nitrogens with zero attached hydrogens (tertiary/aromatic N) is 4. The first-order valence-corrected chi connectivity index (χ1v) is 7.98. The van der Waals surface area contributed by atoms with Gasteiger partial charge in [-0.05, 0) is 37.0 Å². The first-order valence-electron chi connectivity index (χ1n) is 7.98. The number of anilines is 2. The molecule has 0 saturated carbocycles. The van der Waals surface area contributed by atoms with Gasteiger partial charge in [0.2, 0.25) is 11.8 Å². The smallest absolute Gasteiger partial charge is 0.378 e. The Morgan fingerprint density at radius 3 is 2.73 bits per heavy atom. The van der Waals surface area contributed by atoms with E-state index < -0.39 is 22.4 Å². The molecule has 1 aliphatic rings. The fraction of sp³-hybridized carbons (Fsp3) is 0.375. The summed E-state index contributed by atoms with van der Waals surface area (Å²) in [5, 5.41) is 10.9. The third-order valence-corrected chi connectivity index (χ3v) is 4.34. The molecule has 2 heterocycles. The van der Waals surface area contributed by atoms with Crippen molar-refractivity contribution in [1.82, 2.24) is 9.97 Å². The van der Waals surface area contributed by atoms with Crippen LogP contribution in [0.1, 0.15) is 36.4 Å². The predicted molar refractivity (Wildman–Crippen MR) is 88.5 cm³/mol. The summed E-state index contributed by atoms with van der Waals surface area (Å²) >= 11 is 0. The Morgan fingerprint density at radius 1 is 1.31 bits per heavy atom. The normalized spacial score (nSPS) is 18.0. The Balaban J connectivity index is 1.96. The van der Waals surface area contributed by atoms with Gasteiger partial charge in [-0.25, -0.2) is 4.98 Å². The van der Waals surface area contributed by atoms with E-state index in [1.807, 2.05) is 0 Å². The Labute approximate surface area is 146 Å². The lowest BCUT2D eigenvalue weighted by Crippen LogP contribution is -2.35. The van der Waals surface area contributed by atoms with Crippen molar-refractivity contribution in [3.63, 3.8) is 0 Å². The van der Waals surface area contributed by atoms with E-state index in [9.17, 15) is 23.3 Å². The second kappa shape index (κ2) is 6.77. The molecule has 0 radical (unpaired) electrons. The largest absolute Gasteiger partial charge is 0.416 e. The molecule has 2 aromatic rings. The van der Waals surface area contributed by atoms with Gasteiger partial charge in [0.15, 0.2) is 0 Å². The second-order valence-corrected chi connectivity index (χ2v) is 6.03. The zero-order chi connectivity index (χ0) is 18.9. The molecular weight excluding hydrogens is 351 g/mol. The van der Waals surface area contributed by atoms with Crippen molar-refractivity contribution < 1.29 is 18.1 Å². The molecular formula is C16H16F3N5O2. The quantitative estimate of drug-likeness (QED) is 0.656. The molecule has 1 atom stereocenters. The Kier molecular flexibility index (Phi) is 4.66. The number of nitrogen functional groups attached to an aromatic ring is 1. The van der Waals surface area contributed by atoms with Crippen LogP contribution in [0.15, 0.2) is 30.5 Å². The molecule has 3 rings (SSSR count). The molecule has 2 N–H and O–H groups in total. The molecule has 0 amide bonds. The van der Waals surface area contributed by atoms with E-state index in [1.165, 1.54) is 6.07 Å². The van der Waals surface area contributed by atoms with Crippen LogP contribution in [0.2, 0.25) is 0 Å². The van der Waals surface area contributed by atoms with Crippen molar-refractivity contribution in [3.05, 3.63) is 51.7 Å². The number of piperidine rings is 1. The number of hydrogen-bond acceptors (Lipinski definition) is 6. The van der Waals surface area contributed by atoms with Crippen molar-refractivity contribution >= 4 is 17.5 Å². The van der Waals surface area contributed by atoms with E-state index >= 15 is 0 Å². The van der Waals surface area contributed by atoms with Crippen LogP contribution in [0.5, 0.6) is 0 Å². The maximum Gasteiger partial charge on any atom is 0.416 e. The number of nitrogens with two attached hydrogens (primary N) is 1. The molecule has 0 aliphatic carbocycles. The molecule has 1 aromatic carbocycles. The maximum atomic E-state index is 13.0. The van der Waals surface area contributed by atoms with Crippen LogP contribution in [-0.4, -0.2) is 21.4 Å². The van der Waals surface area contributed by atoms with Crippen LogP contribution in [0.25, 0.3) is 0 Å². The summed E-state index contributed by atoms with van der Waals surface area (Å²) < 4.78 is 39.0. The van der Waals surface area contributed by atoms with Gasteiger partial charge in [-0.15, -0.1) is 0 Å². The Bertz CT molecular complexity index is 828. The molecule has 0 bridgehead atoms. The highest BCUT2D eigenvalue weighted by molar-refractivity contribution is 5.54. The number of rotatable bonds is 3. The highest BCUT2D eigenvalue weighted by atomic mass is 19.4. The molecule has 10 heteroatoms. The molecule has 1 fully saturated rings. The number of nitro groups is 1. The van der Waals surface area contributed by atoms with Crippen molar-refractivity contribution in [2.45, 2.75) is 31.5 Å². The number of alkyl halides is 3. The minimum atomic E-state index is -4.43. The first-order chi connectivity index (χ1) is 12.3. The van der Waals surface area contributed by atoms with Crippen LogP contribution in [0, 0.1) is 10.1 Å². The zero-order valence-corrected chi connectivity index (χ0v) is 13.6. The highest BCUT2D eigenvalue weighted by Crippen LogP contribution is 2.37. The summed E-state index contributed by atoms with van der Waals surface area (Å²) in [6, 6.07) is 4.80. The van der Waals surface area contributed by atoms with Gasteiger partial charge in [0.05, 0.1) is 16.5 Å². The molecule has 138 valence electrons. The van der Waals surface area contributed by atoms with Crippen molar-refractivity contribution in [2.24, 2.45) is 0 Å². The van der Waals surface area contributed by atoms with E-state index in [0.29, 0.717) is 18.5 Å². The fourth-order valence-electron chi connectivity index (χ4n) is 3.10. The standard InChI is InChI=1S/C16H16F3N5O2/c17-16(18,19)11-5-3-4-10(8-11)12-6-1-2-7-23(12)15-21-9-13(24(25)26)14(20)22-15/h3-5,8-9,12H,1-2,6-7H2,(H2,20,21,22). The monoisotopic (exact) mass is 367 g/mol. The van der Waals surface area contributed by atoms with Gasteiger partial charge in [-0.3, -0.25) is 10.1 Å². The van der Waals surface area contributed by atoms with Gasteiger partial charge in [0.1, 0.15) is 6.20 Å². The Morgan fingerprint density at radius 2 is 2.08 bits per heavy atom. The summed E-state index contributed by atoms with van der Waals surface area (Å²) in [7, 11) is 0. The minimum Gasteiger partial charge on any atom is -0.378 e. The summed E-state index contributed by atoms with van der Waals surface area (Å²) in [5.74, 6) is -0.0939. The van der Waals surface area contributed by atoms with Crippen molar-refractivity contribution in [1.29, 1.82) is 0 Å². The lowest BCUT2D eigenvalue weighted by Gasteiger charge is -2.36. The van der Waals surface area contributed by atoms with E-state index in [4.69, 9.17) is 5.73 Å². The third kappa shape index (κ3) is 3.53. The molecule has 1 unspecified atom stereocenters. The number of hydrogen-bond donors (Lipinski definition) is 1. The number of aromatic nitrogens is 2. The second-order valence-electron chi connectivity index (χ2n) is 6.03. The average Bonchev–Trinajstić information content (AvgIpc) is 2.60. The van der Waals surface area contributed by atoms with Gasteiger partial charge in [-0.2, -0.15) is 18.2 Å². The SMILES string of the molecule is Nc1nc(N2CCCCC2c2cccc(C(F)(F)F)c2)ncc1[N+](=O)[O-]. The van der Waals surface area contributed by atoms with Crippen LogP contribution >= 0.6 is 0 Å². The van der Waals surface area contributed by atoms with E-state index in [-0.39, 0.29) is 17.8 Å². The topological polar surface area (TPSA) is 98.2 Å². The number of benzene rings is 1. The van der Waals surface area contributed by atoms with Gasteiger partial charge in [0.25, 0.3) is 0 Å². The molecule has 1 saturated heterocycles. The molecule has 0 spiro atoms. The fourth-order valence-corrected chi connectivity index (χ4v) is 3.10. The van der Waals surface area contributed by atoms with Gasteiger partial charge in [0, 0.05) is 6.54 Å². The zero-order valence-electron chi connectivity index (χ0n) is 13.6. The molecule has 1 aliphatic heterocycles. The summed E-state index contributed by atoms with van der Waals surface area (Å²) in [5.41, 5.74) is 5.01. The molecule has 7 nitrogen and oxygen atoms in total. The minimum absolute atomic E-state index is 0.176. The Hall–Kier alpha value is -2.91. The molecule has 1 aromatic heterocycles. The average molecular weight is 367 g/mol. The van der Waals surface area contributed by atoms with Crippen molar-refractivity contribution in [3.8, 4) is 0 Å². The lowest BCUT2D eigenvalue weighted by atomic mass is 9.94. The highest BCUT2D eigenvalue weighted by Gasteiger charge is 2.33. The van der Waals surface area contributed by atoms with E-state index in [0.717, 1.165) is 31.2 Å². The maximum absolute atomic E-state index is 13.0. The first kappa shape index (κ1) is 17.9. The van der Waals surface area contributed by atoms with Gasteiger partial charge < -0.3 is 10.6 Å². The summed E-state index contributed by atoms with van der Waals surface area (Å²) in [4.78, 5) is 19.9. The van der Waals surface area contributed by atoms with Crippen LogP contribution < -0.4 is 10.6 Å². The van der Waals surface area contributed by atoms with Gasteiger partial charge >= 0.3 is 11.9 Å². The third-order valence-electron chi connectivity index (χ3n) is 4.34. The van der Waals surface area contributed by atoms with Gasteiger partial charge in [-0.1, -0.05) is 12.1 Å². The lowest BCUT2D eigenvalue weighted by molar-refractivity contribution is -0.384. The predicted octanol–water partition coefficient (Wildman–Crippen LogP) is 3.72. The van der Waals surface area contributed by atoms with E-state index in [1.54, 1.807) is 11.0 Å². The van der Waals surface area contributed by atoms with E-state index in [2.05, 4.69) is 9.97 Å². The van der Waals surface area contributed by atoms with Crippen LogP contribution in [0.3, 0.4) is 0 Å². The molecule has 26 heavy (non-hydrogen) atoms. The summed E-state index contributed by atoms with van der Waals surface area (Å²) in [6.45, 7) is 0.526. The number of halogens is 3. The van der Waals surface area contributed by atoms with Crippen LogP contribution in [-0.2, 0) is 6.18 Å². The van der Waals surface area contributed by atoms with Crippen molar-refractivity contribution in [2.75, 3.05) is 17.2 Å². The summed E-state index contributed by atoms with van der Waals surface area (Å²) in [6.07, 6.45) is -1.11. The van der Waals surface area contributed by atoms with Crippen LogP contribution in [0.4, 0.5) is 30.6 Å².